The van der Waals surface area contributed by atoms with Crippen molar-refractivity contribution in [3.05, 3.63) is 122 Å². The summed E-state index contributed by atoms with van der Waals surface area (Å²) in [5.41, 5.74) is 9.26. The van der Waals surface area contributed by atoms with Crippen LogP contribution in [0.15, 0.2) is 122 Å². The van der Waals surface area contributed by atoms with Gasteiger partial charge in [-0.3, -0.25) is 9.97 Å². The average molecular weight is 486 g/mol. The van der Waals surface area contributed by atoms with Crippen LogP contribution < -0.4 is 0 Å². The van der Waals surface area contributed by atoms with Crippen LogP contribution in [0.2, 0.25) is 0 Å². The first kappa shape index (κ1) is 21.1. The van der Waals surface area contributed by atoms with Crippen molar-refractivity contribution in [3.8, 4) is 22.3 Å². The lowest BCUT2D eigenvalue weighted by Crippen LogP contribution is -1.89. The molecule has 6 aromatic carbocycles. The zero-order chi connectivity index (χ0) is 25.2. The van der Waals surface area contributed by atoms with Crippen molar-refractivity contribution in [2.45, 2.75) is 0 Å². The highest BCUT2D eigenvalue weighted by Crippen LogP contribution is 2.36. The van der Waals surface area contributed by atoms with E-state index in [0.717, 1.165) is 21.8 Å². The van der Waals surface area contributed by atoms with Gasteiger partial charge in [0.05, 0.1) is 11.0 Å². The molecule has 0 aliphatic rings. The predicted octanol–water partition coefficient (Wildman–Crippen LogP) is 8.92. The Kier molecular flexibility index (Phi) is 4.44. The highest BCUT2D eigenvalue weighted by atomic mass is 14.9. The normalized spacial score (nSPS) is 11.8. The summed E-state index contributed by atoms with van der Waals surface area (Å²) >= 11 is 0. The number of hydrogen-bond acceptors (Lipinski definition) is 2. The van der Waals surface area contributed by atoms with Gasteiger partial charge in [0.1, 0.15) is 0 Å². The van der Waals surface area contributed by atoms with Crippen molar-refractivity contribution in [3.63, 3.8) is 0 Å². The number of nitrogens with zero attached hydrogens (tertiary/aromatic N) is 3. The van der Waals surface area contributed by atoms with Gasteiger partial charge in [-0.25, -0.2) is 0 Å². The lowest BCUT2D eigenvalue weighted by atomic mass is 9.94. The van der Waals surface area contributed by atoms with E-state index < -0.39 is 0 Å². The molecule has 0 unspecified atom stereocenters. The molecule has 38 heavy (non-hydrogen) atoms. The van der Waals surface area contributed by atoms with Crippen LogP contribution in [0.1, 0.15) is 0 Å². The SMILES string of the molecule is Cn1c2ccccc2c2ccc(-c3ccc(-c4ccc5c(c4)c4ccccc4c4nccnc54)cc3)cc21. The number of rotatable bonds is 2. The largest absolute Gasteiger partial charge is 0.344 e. The molecule has 0 saturated heterocycles. The molecule has 0 aliphatic carbocycles. The summed E-state index contributed by atoms with van der Waals surface area (Å²) in [6, 6.07) is 39.5. The van der Waals surface area contributed by atoms with Gasteiger partial charge in [-0.2, -0.15) is 0 Å². The van der Waals surface area contributed by atoms with Gasteiger partial charge in [0.15, 0.2) is 0 Å². The van der Waals surface area contributed by atoms with Crippen molar-refractivity contribution >= 4 is 54.4 Å². The van der Waals surface area contributed by atoms with E-state index in [2.05, 4.69) is 131 Å². The molecule has 3 nitrogen and oxygen atoms in total. The van der Waals surface area contributed by atoms with Gasteiger partial charge in [0.2, 0.25) is 0 Å². The minimum atomic E-state index is 0.951. The maximum absolute atomic E-state index is 4.68. The molecule has 178 valence electrons. The van der Waals surface area contributed by atoms with Gasteiger partial charge in [0, 0.05) is 52.0 Å². The minimum absolute atomic E-state index is 0.951. The molecule has 0 N–H and O–H groups in total. The van der Waals surface area contributed by atoms with Gasteiger partial charge < -0.3 is 4.57 Å². The van der Waals surface area contributed by atoms with Gasteiger partial charge in [-0.05, 0) is 51.2 Å². The van der Waals surface area contributed by atoms with Gasteiger partial charge in [0.25, 0.3) is 0 Å². The molecule has 3 heteroatoms. The third-order valence-corrected chi connectivity index (χ3v) is 7.91. The van der Waals surface area contributed by atoms with E-state index >= 15 is 0 Å². The van der Waals surface area contributed by atoms with Crippen molar-refractivity contribution in [2.24, 2.45) is 7.05 Å². The van der Waals surface area contributed by atoms with E-state index in [-0.39, 0.29) is 0 Å². The Hall–Kier alpha value is -5.02. The molecule has 0 atom stereocenters. The fourth-order valence-corrected chi connectivity index (χ4v) is 6.01. The number of para-hydroxylation sites is 1. The highest BCUT2D eigenvalue weighted by molar-refractivity contribution is 6.23. The van der Waals surface area contributed by atoms with Crippen LogP contribution in [-0.2, 0) is 7.05 Å². The topological polar surface area (TPSA) is 30.7 Å². The van der Waals surface area contributed by atoms with Crippen LogP contribution >= 0.6 is 0 Å². The molecule has 0 bridgehead atoms. The second-order valence-electron chi connectivity index (χ2n) is 9.94. The van der Waals surface area contributed by atoms with Crippen LogP contribution in [0.5, 0.6) is 0 Å². The van der Waals surface area contributed by atoms with Crippen molar-refractivity contribution in [1.82, 2.24) is 14.5 Å². The zero-order valence-corrected chi connectivity index (χ0v) is 20.9. The molecule has 0 saturated carbocycles. The lowest BCUT2D eigenvalue weighted by molar-refractivity contribution is 1.01. The van der Waals surface area contributed by atoms with Crippen LogP contribution in [-0.4, -0.2) is 14.5 Å². The van der Waals surface area contributed by atoms with Gasteiger partial charge in [-0.15, -0.1) is 0 Å². The smallest absolute Gasteiger partial charge is 0.0971 e. The quantitative estimate of drug-likeness (QED) is 0.229. The van der Waals surface area contributed by atoms with Crippen molar-refractivity contribution < 1.29 is 0 Å². The number of fused-ring (bicyclic) bond motifs is 9. The molecule has 0 aliphatic heterocycles. The fraction of sp³-hybridized carbons (Fsp3) is 0.0286. The molecule has 2 heterocycles. The summed E-state index contributed by atoms with van der Waals surface area (Å²) < 4.78 is 2.29. The van der Waals surface area contributed by atoms with E-state index in [1.54, 1.807) is 12.4 Å². The van der Waals surface area contributed by atoms with Crippen LogP contribution in [0.4, 0.5) is 0 Å². The molecule has 2 aromatic heterocycles. The first-order valence-corrected chi connectivity index (χ1v) is 12.9. The highest BCUT2D eigenvalue weighted by Gasteiger charge is 2.12. The Labute approximate surface area is 219 Å². The zero-order valence-electron chi connectivity index (χ0n) is 20.9. The maximum atomic E-state index is 4.68. The average Bonchev–Trinajstić information content (AvgIpc) is 3.28. The molecular weight excluding hydrogens is 462 g/mol. The molecule has 0 amide bonds. The first-order chi connectivity index (χ1) is 18.8. The molecular formula is C35H23N3. The minimum Gasteiger partial charge on any atom is -0.344 e. The van der Waals surface area contributed by atoms with E-state index in [1.807, 2.05) is 0 Å². The maximum Gasteiger partial charge on any atom is 0.0971 e. The summed E-state index contributed by atoms with van der Waals surface area (Å²) in [6.07, 6.45) is 3.55. The Bertz CT molecular complexity index is 2150. The van der Waals surface area contributed by atoms with E-state index in [0.29, 0.717) is 0 Å². The summed E-state index contributed by atoms with van der Waals surface area (Å²) in [5, 5.41) is 7.28. The summed E-state index contributed by atoms with van der Waals surface area (Å²) in [7, 11) is 2.15. The summed E-state index contributed by atoms with van der Waals surface area (Å²) in [6.45, 7) is 0. The van der Waals surface area contributed by atoms with Crippen LogP contribution in [0.3, 0.4) is 0 Å². The van der Waals surface area contributed by atoms with Gasteiger partial charge >= 0.3 is 0 Å². The Morgan fingerprint density at radius 2 is 0.921 bits per heavy atom. The monoisotopic (exact) mass is 485 g/mol. The molecule has 0 spiro atoms. The van der Waals surface area contributed by atoms with Gasteiger partial charge in [-0.1, -0.05) is 91.0 Å². The Morgan fingerprint density at radius 3 is 1.63 bits per heavy atom. The van der Waals surface area contributed by atoms with E-state index in [1.165, 1.54) is 54.8 Å². The number of aromatic nitrogens is 3. The third kappa shape index (κ3) is 3.02. The number of benzene rings is 6. The van der Waals surface area contributed by atoms with Crippen molar-refractivity contribution in [1.29, 1.82) is 0 Å². The predicted molar refractivity (Wildman–Crippen MR) is 159 cm³/mol. The Morgan fingerprint density at radius 1 is 0.421 bits per heavy atom. The lowest BCUT2D eigenvalue weighted by Gasteiger charge is -2.11. The van der Waals surface area contributed by atoms with E-state index in [9.17, 15) is 0 Å². The summed E-state index contributed by atoms with van der Waals surface area (Å²) in [5.74, 6) is 0. The molecule has 8 rings (SSSR count). The first-order valence-electron chi connectivity index (χ1n) is 12.9. The third-order valence-electron chi connectivity index (χ3n) is 7.91. The van der Waals surface area contributed by atoms with Crippen LogP contribution in [0.25, 0.3) is 76.6 Å². The summed E-state index contributed by atoms with van der Waals surface area (Å²) in [4.78, 5) is 9.34. The fourth-order valence-electron chi connectivity index (χ4n) is 6.01. The van der Waals surface area contributed by atoms with Crippen LogP contribution in [0, 0.1) is 0 Å². The molecule has 8 aromatic rings. The second kappa shape index (κ2) is 7.99. The number of hydrogen-bond donors (Lipinski definition) is 0. The van der Waals surface area contributed by atoms with Crippen molar-refractivity contribution in [2.75, 3.05) is 0 Å². The molecule has 0 radical (unpaired) electrons. The second-order valence-corrected chi connectivity index (χ2v) is 9.94. The Balaban J connectivity index is 1.24. The number of aryl methyl sites for hydroxylation is 1. The standard InChI is InChI=1S/C35H23N3/c1-38-32-9-5-4-7-27(32)28-16-14-25(21-33(28)38)23-12-10-22(11-13-23)24-15-17-30-31(20-24)26-6-2-3-8-29(26)34-35(30)37-19-18-36-34/h2-21H,1H3. The van der Waals surface area contributed by atoms with E-state index in [4.69, 9.17) is 0 Å². The molecule has 0 fully saturated rings.